The van der Waals surface area contributed by atoms with Gasteiger partial charge in [-0.3, -0.25) is 0 Å². The molecular weight excluding hydrogens is 617 g/mol. The van der Waals surface area contributed by atoms with Crippen molar-refractivity contribution in [3.05, 3.63) is 215 Å². The van der Waals surface area contributed by atoms with E-state index in [1.165, 1.54) is 33.6 Å². The molecule has 0 aliphatic carbocycles. The van der Waals surface area contributed by atoms with Crippen LogP contribution in [0.3, 0.4) is 0 Å². The number of hydrogen-bond acceptors (Lipinski definition) is 2. The van der Waals surface area contributed by atoms with Crippen LogP contribution in [0.1, 0.15) is 40.3 Å². The number of nitrogens with zero attached hydrogens (tertiary/aromatic N) is 2. The maximum Gasteiger partial charge on any atom is 0.0493 e. The summed E-state index contributed by atoms with van der Waals surface area (Å²) in [7, 11) is 0. The van der Waals surface area contributed by atoms with Crippen molar-refractivity contribution in [2.24, 2.45) is 0 Å². The molecule has 0 fully saturated rings. The second-order valence-electron chi connectivity index (χ2n) is 12.6. The highest BCUT2D eigenvalue weighted by molar-refractivity contribution is 5.81. The predicted octanol–water partition coefficient (Wildman–Crippen LogP) is 13.8. The average Bonchev–Trinajstić information content (AvgIpc) is 3.20. The molecule has 2 heteroatoms. The molecule has 0 aliphatic heterocycles. The van der Waals surface area contributed by atoms with Crippen LogP contribution in [-0.4, -0.2) is 0 Å². The number of rotatable bonds is 11. The number of hydrogen-bond donors (Lipinski definition) is 0. The highest BCUT2D eigenvalue weighted by Crippen LogP contribution is 2.38. The van der Waals surface area contributed by atoms with Crippen molar-refractivity contribution in [3.63, 3.8) is 0 Å². The average molecular weight is 659 g/mol. The van der Waals surface area contributed by atoms with Gasteiger partial charge >= 0.3 is 0 Å². The summed E-state index contributed by atoms with van der Waals surface area (Å²) in [4.78, 5) is 4.66. The van der Waals surface area contributed by atoms with Crippen molar-refractivity contribution in [1.82, 2.24) is 0 Å². The Kier molecular flexibility index (Phi) is 10.3. The van der Waals surface area contributed by atoms with Crippen LogP contribution in [0.2, 0.25) is 0 Å². The Hall–Kier alpha value is -6.38. The number of benzene rings is 7. The molecule has 7 rings (SSSR count). The Morgan fingerprint density at radius 3 is 1.12 bits per heavy atom. The van der Waals surface area contributed by atoms with Gasteiger partial charge in [0.2, 0.25) is 0 Å². The van der Waals surface area contributed by atoms with Gasteiger partial charge in [-0.25, -0.2) is 0 Å². The summed E-state index contributed by atoms with van der Waals surface area (Å²) in [6, 6.07) is 64.6. The van der Waals surface area contributed by atoms with Gasteiger partial charge in [0.25, 0.3) is 0 Å². The lowest BCUT2D eigenvalue weighted by atomic mass is 10.1. The largest absolute Gasteiger partial charge is 0.310 e. The lowest BCUT2D eigenvalue weighted by Crippen LogP contribution is -2.11. The molecule has 7 aromatic carbocycles. The van der Waals surface area contributed by atoms with Crippen LogP contribution < -0.4 is 9.80 Å². The SMILES string of the molecule is CCc1ccccc1N(c1ccccc1)c1ccc(C=Cc2ccc(C=Cc3ccc(N(c4ccccc4)c4ccccc4C)cc3)cc2)cc1. The zero-order chi connectivity index (χ0) is 34.8. The van der Waals surface area contributed by atoms with Gasteiger partial charge in [-0.1, -0.05) is 153 Å². The fourth-order valence-electron chi connectivity index (χ4n) is 6.42. The maximum absolute atomic E-state index is 2.35. The molecule has 0 spiro atoms. The molecule has 0 atom stereocenters. The number of anilines is 6. The van der Waals surface area contributed by atoms with E-state index in [-0.39, 0.29) is 0 Å². The van der Waals surface area contributed by atoms with Crippen molar-refractivity contribution in [2.45, 2.75) is 20.3 Å². The van der Waals surface area contributed by atoms with Crippen molar-refractivity contribution in [2.75, 3.05) is 9.80 Å². The zero-order valence-electron chi connectivity index (χ0n) is 29.2. The molecule has 51 heavy (non-hydrogen) atoms. The van der Waals surface area contributed by atoms with E-state index in [0.29, 0.717) is 0 Å². The monoisotopic (exact) mass is 658 g/mol. The van der Waals surface area contributed by atoms with E-state index in [0.717, 1.165) is 40.3 Å². The molecule has 0 amide bonds. The third kappa shape index (κ3) is 7.93. The van der Waals surface area contributed by atoms with Crippen LogP contribution in [0, 0.1) is 6.92 Å². The molecule has 0 radical (unpaired) electrons. The summed E-state index contributed by atoms with van der Waals surface area (Å²) in [5.74, 6) is 0. The predicted molar refractivity (Wildman–Crippen MR) is 221 cm³/mol. The van der Waals surface area contributed by atoms with Crippen molar-refractivity contribution < 1.29 is 0 Å². The van der Waals surface area contributed by atoms with Gasteiger partial charge in [-0.2, -0.15) is 0 Å². The smallest absolute Gasteiger partial charge is 0.0493 e. The Labute approximate surface area is 302 Å². The summed E-state index contributed by atoms with van der Waals surface area (Å²) < 4.78 is 0. The zero-order valence-corrected chi connectivity index (χ0v) is 29.2. The highest BCUT2D eigenvalue weighted by Gasteiger charge is 2.15. The molecule has 0 saturated carbocycles. The first-order valence-electron chi connectivity index (χ1n) is 17.7. The van der Waals surface area contributed by atoms with Gasteiger partial charge in [0, 0.05) is 34.1 Å². The van der Waals surface area contributed by atoms with Gasteiger partial charge in [0.1, 0.15) is 0 Å². The summed E-state index contributed by atoms with van der Waals surface area (Å²) in [6.07, 6.45) is 9.68. The summed E-state index contributed by atoms with van der Waals surface area (Å²) >= 11 is 0. The lowest BCUT2D eigenvalue weighted by molar-refractivity contribution is 1.11. The van der Waals surface area contributed by atoms with E-state index >= 15 is 0 Å². The minimum atomic E-state index is 0.977. The van der Waals surface area contributed by atoms with E-state index in [4.69, 9.17) is 0 Å². The maximum atomic E-state index is 2.35. The van der Waals surface area contributed by atoms with Crippen molar-refractivity contribution >= 4 is 58.4 Å². The quantitative estimate of drug-likeness (QED) is 0.128. The third-order valence-corrected chi connectivity index (χ3v) is 9.17. The normalized spacial score (nSPS) is 11.3. The van der Waals surface area contributed by atoms with Gasteiger partial charge in [-0.15, -0.1) is 0 Å². The molecule has 248 valence electrons. The fourth-order valence-corrected chi connectivity index (χ4v) is 6.42. The van der Waals surface area contributed by atoms with Gasteiger partial charge < -0.3 is 9.80 Å². The topological polar surface area (TPSA) is 6.48 Å². The minimum absolute atomic E-state index is 0.977. The van der Waals surface area contributed by atoms with E-state index in [1.807, 2.05) is 0 Å². The van der Waals surface area contributed by atoms with Crippen LogP contribution in [0.25, 0.3) is 24.3 Å². The first kappa shape index (κ1) is 33.1. The molecule has 0 heterocycles. The second kappa shape index (κ2) is 15.9. The van der Waals surface area contributed by atoms with Gasteiger partial charge in [0.05, 0.1) is 0 Å². The molecule has 7 aromatic rings. The van der Waals surface area contributed by atoms with Gasteiger partial charge in [0.15, 0.2) is 0 Å². The molecule has 0 saturated heterocycles. The molecule has 0 unspecified atom stereocenters. The van der Waals surface area contributed by atoms with E-state index in [1.54, 1.807) is 0 Å². The molecular formula is C49H42N2. The van der Waals surface area contributed by atoms with E-state index < -0.39 is 0 Å². The standard InChI is InChI=1S/C49H42N2/c1-3-43-15-11-13-21-49(43)51(45-18-8-5-9-19-45)47-36-32-42(33-37-47)29-27-40-24-22-39(23-25-40)26-28-41-30-34-46(35-31-41)50(44-16-6-4-7-17-44)48-20-12-10-14-38(48)2/h4-37H,3H2,1-2H3. The molecule has 0 bridgehead atoms. The first-order valence-corrected chi connectivity index (χ1v) is 17.7. The molecule has 0 aromatic heterocycles. The number of aryl methyl sites for hydroxylation is 2. The van der Waals surface area contributed by atoms with Crippen LogP contribution in [0.5, 0.6) is 0 Å². The highest BCUT2D eigenvalue weighted by atomic mass is 15.1. The summed E-state index contributed by atoms with van der Waals surface area (Å²) in [5, 5.41) is 0. The first-order chi connectivity index (χ1) is 25.2. The van der Waals surface area contributed by atoms with Crippen molar-refractivity contribution in [3.8, 4) is 0 Å². The second-order valence-corrected chi connectivity index (χ2v) is 12.6. The summed E-state index contributed by atoms with van der Waals surface area (Å²) in [5.41, 5.74) is 14.2. The van der Waals surface area contributed by atoms with Crippen LogP contribution >= 0.6 is 0 Å². The van der Waals surface area contributed by atoms with Crippen LogP contribution in [-0.2, 0) is 6.42 Å². The summed E-state index contributed by atoms with van der Waals surface area (Å²) in [6.45, 7) is 4.37. The van der Waals surface area contributed by atoms with E-state index in [9.17, 15) is 0 Å². The Morgan fingerprint density at radius 1 is 0.353 bits per heavy atom. The van der Waals surface area contributed by atoms with Crippen LogP contribution in [0.15, 0.2) is 182 Å². The third-order valence-electron chi connectivity index (χ3n) is 9.17. The Balaban J connectivity index is 1.03. The van der Waals surface area contributed by atoms with Crippen molar-refractivity contribution in [1.29, 1.82) is 0 Å². The number of para-hydroxylation sites is 4. The lowest BCUT2D eigenvalue weighted by Gasteiger charge is -2.27. The van der Waals surface area contributed by atoms with Gasteiger partial charge in [-0.05, 0) is 107 Å². The fraction of sp³-hybridized carbons (Fsp3) is 0.0612. The Morgan fingerprint density at radius 2 is 0.686 bits per heavy atom. The molecule has 2 nitrogen and oxygen atoms in total. The van der Waals surface area contributed by atoms with Crippen LogP contribution in [0.4, 0.5) is 34.1 Å². The molecule has 0 N–H and O–H groups in total. The molecule has 0 aliphatic rings. The van der Waals surface area contributed by atoms with E-state index in [2.05, 4.69) is 230 Å². The Bertz CT molecular complexity index is 2210. The minimum Gasteiger partial charge on any atom is -0.310 e.